The number of rotatable bonds is 6. The smallest absolute Gasteiger partial charge is 0.266 e. The molecule has 0 radical (unpaired) electrons. The first-order valence-corrected chi connectivity index (χ1v) is 8.85. The largest absolute Gasteiger partial charge is 0.334 e. The molecule has 0 bridgehead atoms. The van der Waals surface area contributed by atoms with Crippen LogP contribution in [0, 0.1) is 18.6 Å². The number of nitrogens with zero attached hydrogens (tertiary/aromatic N) is 2. The summed E-state index contributed by atoms with van der Waals surface area (Å²) >= 11 is 1.42. The van der Waals surface area contributed by atoms with E-state index in [1.807, 2.05) is 6.92 Å². The van der Waals surface area contributed by atoms with Crippen LogP contribution in [0.4, 0.5) is 8.78 Å². The van der Waals surface area contributed by atoms with Crippen LogP contribution in [0.1, 0.15) is 58.7 Å². The zero-order valence-corrected chi connectivity index (χ0v) is 15.2. The van der Waals surface area contributed by atoms with Crippen LogP contribution in [0.3, 0.4) is 0 Å². The average Bonchev–Trinajstić information content (AvgIpc) is 2.94. The highest BCUT2D eigenvalue weighted by atomic mass is 32.1. The van der Waals surface area contributed by atoms with Crippen molar-refractivity contribution >= 4 is 17.2 Å². The van der Waals surface area contributed by atoms with Crippen LogP contribution in [-0.4, -0.2) is 22.8 Å². The minimum absolute atomic E-state index is 0.148. The molecule has 1 amide bonds. The van der Waals surface area contributed by atoms with E-state index < -0.39 is 11.6 Å². The van der Waals surface area contributed by atoms with Crippen molar-refractivity contribution < 1.29 is 13.6 Å². The molecular weight excluding hydrogens is 330 g/mol. The Morgan fingerprint density at radius 2 is 2.04 bits per heavy atom. The number of thiazole rings is 1. The number of halogens is 2. The fourth-order valence-electron chi connectivity index (χ4n) is 2.42. The van der Waals surface area contributed by atoms with Crippen molar-refractivity contribution in [3.8, 4) is 0 Å². The lowest BCUT2D eigenvalue weighted by Crippen LogP contribution is -2.29. The number of benzene rings is 1. The van der Waals surface area contributed by atoms with Crippen LogP contribution in [0.25, 0.3) is 0 Å². The van der Waals surface area contributed by atoms with Crippen LogP contribution < -0.4 is 0 Å². The van der Waals surface area contributed by atoms with E-state index >= 15 is 0 Å². The molecule has 0 spiro atoms. The summed E-state index contributed by atoms with van der Waals surface area (Å²) in [5.74, 6) is -1.94. The summed E-state index contributed by atoms with van der Waals surface area (Å²) in [6.45, 7) is 5.73. The Kier molecular flexibility index (Phi) is 6.04. The summed E-state index contributed by atoms with van der Waals surface area (Å²) in [5, 5.41) is 0.964. The maximum atomic E-state index is 13.4. The number of carbonyl (C=O) groups is 1. The lowest BCUT2D eigenvalue weighted by molar-refractivity contribution is 0.0746. The van der Waals surface area contributed by atoms with Crippen LogP contribution >= 0.6 is 11.3 Å². The maximum absolute atomic E-state index is 13.4. The second-order valence-corrected chi connectivity index (χ2v) is 6.97. The molecule has 1 atom stereocenters. The first kappa shape index (κ1) is 18.5. The topological polar surface area (TPSA) is 33.2 Å². The van der Waals surface area contributed by atoms with Gasteiger partial charge in [-0.25, -0.2) is 13.8 Å². The van der Waals surface area contributed by atoms with Crippen molar-refractivity contribution in [2.45, 2.75) is 46.1 Å². The molecule has 0 fully saturated rings. The van der Waals surface area contributed by atoms with Crippen molar-refractivity contribution in [2.24, 2.45) is 0 Å². The molecule has 0 aliphatic heterocycles. The first-order chi connectivity index (χ1) is 11.3. The monoisotopic (exact) mass is 352 g/mol. The Labute approximate surface area is 145 Å². The average molecular weight is 352 g/mol. The second kappa shape index (κ2) is 7.83. The number of hydrogen-bond donors (Lipinski definition) is 0. The van der Waals surface area contributed by atoms with Gasteiger partial charge in [0.05, 0.1) is 16.7 Å². The standard InChI is InChI=1S/C18H22F2N2OS/c1-5-6-7-16-21-11(2)17(24-16)18(23)22(4)12(3)13-8-9-14(19)15(20)10-13/h8-10,12H,5-7H2,1-4H3. The predicted octanol–water partition coefficient (Wildman–Crippen LogP) is 4.91. The second-order valence-electron chi connectivity index (χ2n) is 5.89. The molecule has 130 valence electrons. The minimum Gasteiger partial charge on any atom is -0.334 e. The quantitative estimate of drug-likeness (QED) is 0.740. The molecule has 1 unspecified atom stereocenters. The highest BCUT2D eigenvalue weighted by Crippen LogP contribution is 2.26. The van der Waals surface area contributed by atoms with Crippen LogP contribution in [0.15, 0.2) is 18.2 Å². The molecule has 1 heterocycles. The van der Waals surface area contributed by atoms with E-state index in [-0.39, 0.29) is 11.9 Å². The van der Waals surface area contributed by atoms with Gasteiger partial charge in [-0.1, -0.05) is 19.4 Å². The van der Waals surface area contributed by atoms with E-state index in [1.165, 1.54) is 22.3 Å². The lowest BCUT2D eigenvalue weighted by Gasteiger charge is -2.25. The molecule has 6 heteroatoms. The fraction of sp³-hybridized carbons (Fsp3) is 0.444. The van der Waals surface area contributed by atoms with Crippen LogP contribution in [0.2, 0.25) is 0 Å². The van der Waals surface area contributed by atoms with Crippen LogP contribution in [-0.2, 0) is 6.42 Å². The summed E-state index contributed by atoms with van der Waals surface area (Å²) in [5.41, 5.74) is 1.28. The van der Waals surface area contributed by atoms with E-state index in [0.717, 1.165) is 42.1 Å². The van der Waals surface area contributed by atoms with Gasteiger partial charge in [0.25, 0.3) is 5.91 Å². The number of aryl methyl sites for hydroxylation is 2. The molecule has 1 aromatic carbocycles. The molecule has 0 saturated heterocycles. The zero-order chi connectivity index (χ0) is 17.9. The summed E-state index contributed by atoms with van der Waals surface area (Å²) in [6.07, 6.45) is 2.99. The van der Waals surface area contributed by atoms with E-state index in [0.29, 0.717) is 10.4 Å². The van der Waals surface area contributed by atoms with Gasteiger partial charge >= 0.3 is 0 Å². The third kappa shape index (κ3) is 3.98. The van der Waals surface area contributed by atoms with Gasteiger partial charge in [-0.2, -0.15) is 0 Å². The van der Waals surface area contributed by atoms with E-state index in [4.69, 9.17) is 0 Å². The lowest BCUT2D eigenvalue weighted by atomic mass is 10.1. The van der Waals surface area contributed by atoms with Gasteiger partial charge in [-0.05, 0) is 44.4 Å². The van der Waals surface area contributed by atoms with E-state index in [1.54, 1.807) is 14.0 Å². The molecule has 0 saturated carbocycles. The van der Waals surface area contributed by atoms with E-state index in [2.05, 4.69) is 11.9 Å². The molecule has 2 rings (SSSR count). The molecular formula is C18H22F2N2OS. The number of amides is 1. The Morgan fingerprint density at radius 1 is 1.33 bits per heavy atom. The van der Waals surface area contributed by atoms with Crippen LogP contribution in [0.5, 0.6) is 0 Å². The van der Waals surface area contributed by atoms with Crippen molar-refractivity contribution in [2.75, 3.05) is 7.05 Å². The Morgan fingerprint density at radius 3 is 2.67 bits per heavy atom. The first-order valence-electron chi connectivity index (χ1n) is 8.03. The fourth-order valence-corrected chi connectivity index (χ4v) is 3.51. The van der Waals surface area contributed by atoms with Crippen molar-refractivity contribution in [1.29, 1.82) is 0 Å². The highest BCUT2D eigenvalue weighted by molar-refractivity contribution is 7.13. The summed E-state index contributed by atoms with van der Waals surface area (Å²) in [4.78, 5) is 19.4. The maximum Gasteiger partial charge on any atom is 0.266 e. The summed E-state index contributed by atoms with van der Waals surface area (Å²) in [7, 11) is 1.67. The van der Waals surface area contributed by atoms with Gasteiger partial charge in [-0.3, -0.25) is 4.79 Å². The third-order valence-corrected chi connectivity index (χ3v) is 5.31. The van der Waals surface area contributed by atoms with E-state index in [9.17, 15) is 13.6 Å². The van der Waals surface area contributed by atoms with Gasteiger partial charge in [0.1, 0.15) is 4.88 Å². The SMILES string of the molecule is CCCCc1nc(C)c(C(=O)N(C)C(C)c2ccc(F)c(F)c2)s1. The predicted molar refractivity (Wildman–Crippen MR) is 92.3 cm³/mol. The molecule has 0 N–H and O–H groups in total. The summed E-state index contributed by atoms with van der Waals surface area (Å²) < 4.78 is 26.5. The van der Waals surface area contributed by atoms with Gasteiger partial charge in [0, 0.05) is 7.05 Å². The number of hydrogen-bond acceptors (Lipinski definition) is 3. The van der Waals surface area contributed by atoms with Crippen molar-refractivity contribution in [3.05, 3.63) is 51.0 Å². The van der Waals surface area contributed by atoms with Crippen molar-refractivity contribution in [1.82, 2.24) is 9.88 Å². The van der Waals surface area contributed by atoms with Gasteiger partial charge in [-0.15, -0.1) is 11.3 Å². The molecule has 3 nitrogen and oxygen atoms in total. The molecule has 1 aromatic heterocycles. The Bertz CT molecular complexity index is 730. The van der Waals surface area contributed by atoms with Crippen molar-refractivity contribution in [3.63, 3.8) is 0 Å². The molecule has 0 aliphatic carbocycles. The third-order valence-electron chi connectivity index (χ3n) is 4.11. The normalized spacial score (nSPS) is 12.2. The summed E-state index contributed by atoms with van der Waals surface area (Å²) in [6, 6.07) is 3.35. The van der Waals surface area contributed by atoms with Gasteiger partial charge in [0.15, 0.2) is 11.6 Å². The molecule has 0 aliphatic rings. The van der Waals surface area contributed by atoms with Gasteiger partial charge < -0.3 is 4.90 Å². The Balaban J connectivity index is 2.19. The molecule has 24 heavy (non-hydrogen) atoms. The minimum atomic E-state index is -0.906. The zero-order valence-electron chi connectivity index (χ0n) is 14.4. The molecule has 2 aromatic rings. The Hall–Kier alpha value is -1.82. The number of unbranched alkanes of at least 4 members (excludes halogenated alkanes) is 1. The highest BCUT2D eigenvalue weighted by Gasteiger charge is 2.23. The van der Waals surface area contributed by atoms with Gasteiger partial charge in [0.2, 0.25) is 0 Å². The number of carbonyl (C=O) groups excluding carboxylic acids is 1. The number of aromatic nitrogens is 1.